The molecule has 0 saturated carbocycles. The Kier molecular flexibility index (Phi) is 5.17. The van der Waals surface area contributed by atoms with Gasteiger partial charge in [0.25, 0.3) is 5.69 Å². The lowest BCUT2D eigenvalue weighted by atomic mass is 9.96. The molecule has 0 aliphatic carbocycles. The van der Waals surface area contributed by atoms with Crippen molar-refractivity contribution < 1.29 is 4.92 Å². The monoisotopic (exact) mass is 291 g/mol. The van der Waals surface area contributed by atoms with E-state index in [-0.39, 0.29) is 10.6 Å². The predicted molar refractivity (Wildman–Crippen MR) is 85.6 cm³/mol. The summed E-state index contributed by atoms with van der Waals surface area (Å²) in [7, 11) is 0. The molecule has 0 bridgehead atoms. The lowest BCUT2D eigenvalue weighted by Crippen LogP contribution is -2.42. The van der Waals surface area contributed by atoms with Crippen LogP contribution in [0.5, 0.6) is 0 Å². The predicted octanol–water partition coefficient (Wildman–Crippen LogP) is 3.79. The normalized spacial score (nSPS) is 23.0. The van der Waals surface area contributed by atoms with E-state index in [1.54, 1.807) is 6.07 Å². The smallest absolute Gasteiger partial charge is 0.292 e. The first kappa shape index (κ1) is 15.8. The van der Waals surface area contributed by atoms with Crippen LogP contribution in [0.1, 0.15) is 45.6 Å². The van der Waals surface area contributed by atoms with Crippen LogP contribution in [-0.4, -0.2) is 28.5 Å². The van der Waals surface area contributed by atoms with Crippen LogP contribution >= 0.6 is 0 Å². The van der Waals surface area contributed by atoms with Gasteiger partial charge in [-0.05, 0) is 45.2 Å². The molecule has 2 rings (SSSR count). The summed E-state index contributed by atoms with van der Waals surface area (Å²) in [5.74, 6) is 0. The Labute approximate surface area is 126 Å². The highest BCUT2D eigenvalue weighted by Crippen LogP contribution is 2.29. The number of rotatable bonds is 5. The SMILES string of the molecule is CCNc1ccc(CN2C(C)CCCC2C)cc1[N+](=O)[O-]. The van der Waals surface area contributed by atoms with Crippen molar-refractivity contribution >= 4 is 11.4 Å². The zero-order valence-corrected chi connectivity index (χ0v) is 13.1. The van der Waals surface area contributed by atoms with Crippen LogP contribution in [0.3, 0.4) is 0 Å². The molecule has 0 amide bonds. The fraction of sp³-hybridized carbons (Fsp3) is 0.625. The molecule has 1 aliphatic heterocycles. The van der Waals surface area contributed by atoms with Crippen molar-refractivity contribution in [3.8, 4) is 0 Å². The summed E-state index contributed by atoms with van der Waals surface area (Å²) in [5.41, 5.74) is 1.79. The van der Waals surface area contributed by atoms with Crippen LogP contribution < -0.4 is 5.32 Å². The number of nitrogens with one attached hydrogen (secondary N) is 1. The van der Waals surface area contributed by atoms with E-state index in [1.165, 1.54) is 19.3 Å². The Bertz CT molecular complexity index is 494. The fourth-order valence-corrected chi connectivity index (χ4v) is 3.16. The molecule has 2 unspecified atom stereocenters. The summed E-state index contributed by atoms with van der Waals surface area (Å²) in [5, 5.41) is 14.3. The van der Waals surface area contributed by atoms with Crippen LogP contribution in [0.4, 0.5) is 11.4 Å². The van der Waals surface area contributed by atoms with E-state index >= 15 is 0 Å². The molecule has 1 heterocycles. The summed E-state index contributed by atoms with van der Waals surface area (Å²) in [6, 6.07) is 6.63. The molecule has 5 heteroatoms. The zero-order valence-electron chi connectivity index (χ0n) is 13.1. The molecule has 1 aromatic carbocycles. The van der Waals surface area contributed by atoms with E-state index in [2.05, 4.69) is 24.1 Å². The van der Waals surface area contributed by atoms with Crippen molar-refractivity contribution in [3.63, 3.8) is 0 Å². The van der Waals surface area contributed by atoms with Crippen molar-refractivity contribution in [2.24, 2.45) is 0 Å². The number of likely N-dealkylation sites (tertiary alicyclic amines) is 1. The Balaban J connectivity index is 2.20. The van der Waals surface area contributed by atoms with Crippen LogP contribution in [-0.2, 0) is 6.54 Å². The van der Waals surface area contributed by atoms with Crippen molar-refractivity contribution in [3.05, 3.63) is 33.9 Å². The second-order valence-electron chi connectivity index (χ2n) is 5.94. The molecular formula is C16H25N3O2. The van der Waals surface area contributed by atoms with Gasteiger partial charge in [-0.1, -0.05) is 12.5 Å². The second-order valence-corrected chi connectivity index (χ2v) is 5.94. The van der Waals surface area contributed by atoms with Crippen molar-refractivity contribution in [1.82, 2.24) is 4.90 Å². The number of nitro benzene ring substituents is 1. The van der Waals surface area contributed by atoms with E-state index in [1.807, 2.05) is 19.1 Å². The maximum Gasteiger partial charge on any atom is 0.292 e. The van der Waals surface area contributed by atoms with Crippen molar-refractivity contribution in [2.75, 3.05) is 11.9 Å². The molecule has 1 aliphatic rings. The van der Waals surface area contributed by atoms with E-state index in [4.69, 9.17) is 0 Å². The standard InChI is InChI=1S/C16H25N3O2/c1-4-17-15-9-8-14(10-16(15)19(20)21)11-18-12(2)6-5-7-13(18)3/h8-10,12-13,17H,4-7,11H2,1-3H3. The number of anilines is 1. The van der Waals surface area contributed by atoms with Gasteiger partial charge in [0.1, 0.15) is 5.69 Å². The molecule has 1 aromatic rings. The number of piperidine rings is 1. The average molecular weight is 291 g/mol. The summed E-state index contributed by atoms with van der Waals surface area (Å²) in [4.78, 5) is 13.4. The first-order valence-electron chi connectivity index (χ1n) is 7.79. The Morgan fingerprint density at radius 3 is 2.57 bits per heavy atom. The minimum absolute atomic E-state index is 0.173. The van der Waals surface area contributed by atoms with Gasteiger partial charge in [0.15, 0.2) is 0 Å². The van der Waals surface area contributed by atoms with E-state index in [9.17, 15) is 10.1 Å². The third-order valence-electron chi connectivity index (χ3n) is 4.37. The largest absolute Gasteiger partial charge is 0.380 e. The van der Waals surface area contributed by atoms with Crippen LogP contribution in [0.15, 0.2) is 18.2 Å². The highest BCUT2D eigenvalue weighted by Gasteiger charge is 2.25. The van der Waals surface area contributed by atoms with Gasteiger partial charge in [-0.25, -0.2) is 0 Å². The van der Waals surface area contributed by atoms with Gasteiger partial charge < -0.3 is 5.32 Å². The number of hydrogen-bond donors (Lipinski definition) is 1. The third-order valence-corrected chi connectivity index (χ3v) is 4.37. The Hall–Kier alpha value is -1.62. The topological polar surface area (TPSA) is 58.4 Å². The van der Waals surface area contributed by atoms with Crippen LogP contribution in [0.25, 0.3) is 0 Å². The van der Waals surface area contributed by atoms with Gasteiger partial charge in [-0.15, -0.1) is 0 Å². The average Bonchev–Trinajstić information content (AvgIpc) is 2.44. The summed E-state index contributed by atoms with van der Waals surface area (Å²) < 4.78 is 0. The zero-order chi connectivity index (χ0) is 15.4. The molecule has 2 atom stereocenters. The molecule has 1 N–H and O–H groups in total. The van der Waals surface area contributed by atoms with Gasteiger partial charge in [0.2, 0.25) is 0 Å². The van der Waals surface area contributed by atoms with Crippen LogP contribution in [0.2, 0.25) is 0 Å². The maximum atomic E-state index is 11.2. The molecule has 21 heavy (non-hydrogen) atoms. The minimum atomic E-state index is -0.301. The quantitative estimate of drug-likeness (QED) is 0.662. The summed E-state index contributed by atoms with van der Waals surface area (Å²) >= 11 is 0. The Morgan fingerprint density at radius 1 is 1.33 bits per heavy atom. The van der Waals surface area contributed by atoms with Crippen molar-refractivity contribution in [1.29, 1.82) is 0 Å². The van der Waals surface area contributed by atoms with Crippen molar-refractivity contribution in [2.45, 2.75) is 58.7 Å². The van der Waals surface area contributed by atoms with Gasteiger partial charge in [-0.2, -0.15) is 0 Å². The first-order chi connectivity index (χ1) is 10.0. The molecule has 0 radical (unpaired) electrons. The summed E-state index contributed by atoms with van der Waals surface area (Å²) in [6.07, 6.45) is 3.70. The van der Waals surface area contributed by atoms with Gasteiger partial charge >= 0.3 is 0 Å². The second kappa shape index (κ2) is 6.89. The third kappa shape index (κ3) is 3.73. The number of nitro groups is 1. The number of benzene rings is 1. The lowest BCUT2D eigenvalue weighted by molar-refractivity contribution is -0.384. The van der Waals surface area contributed by atoms with Gasteiger partial charge in [-0.3, -0.25) is 15.0 Å². The molecule has 1 saturated heterocycles. The first-order valence-corrected chi connectivity index (χ1v) is 7.79. The van der Waals surface area contributed by atoms with E-state index in [0.29, 0.717) is 24.3 Å². The van der Waals surface area contributed by atoms with E-state index in [0.717, 1.165) is 12.1 Å². The Morgan fingerprint density at radius 2 is 2.00 bits per heavy atom. The lowest BCUT2D eigenvalue weighted by Gasteiger charge is -2.39. The molecular weight excluding hydrogens is 266 g/mol. The highest BCUT2D eigenvalue weighted by molar-refractivity contribution is 5.62. The molecule has 116 valence electrons. The number of nitrogens with zero attached hydrogens (tertiary/aromatic N) is 2. The van der Waals surface area contributed by atoms with Crippen LogP contribution in [0, 0.1) is 10.1 Å². The number of hydrogen-bond acceptors (Lipinski definition) is 4. The minimum Gasteiger partial charge on any atom is -0.380 e. The molecule has 1 fully saturated rings. The van der Waals surface area contributed by atoms with E-state index < -0.39 is 0 Å². The maximum absolute atomic E-state index is 11.2. The molecule has 0 aromatic heterocycles. The van der Waals surface area contributed by atoms with Gasteiger partial charge in [0, 0.05) is 31.2 Å². The summed E-state index contributed by atoms with van der Waals surface area (Å²) in [6.45, 7) is 7.90. The molecule has 5 nitrogen and oxygen atoms in total. The molecule has 0 spiro atoms. The highest BCUT2D eigenvalue weighted by atomic mass is 16.6. The van der Waals surface area contributed by atoms with Gasteiger partial charge in [0.05, 0.1) is 4.92 Å². The fourth-order valence-electron chi connectivity index (χ4n) is 3.16.